The minimum absolute atomic E-state index is 0.192. The van der Waals surface area contributed by atoms with Crippen LogP contribution < -0.4 is 0 Å². The quantitative estimate of drug-likeness (QED) is 0.272. The van der Waals surface area contributed by atoms with Gasteiger partial charge in [-0.3, -0.25) is 4.98 Å². The van der Waals surface area contributed by atoms with Crippen molar-refractivity contribution in [3.8, 4) is 50.6 Å². The maximum atomic E-state index is 10.5. The van der Waals surface area contributed by atoms with E-state index in [2.05, 4.69) is 61.1 Å². The van der Waals surface area contributed by atoms with E-state index in [0.29, 0.717) is 11.4 Å². The first-order valence-corrected chi connectivity index (χ1v) is 12.7. The number of fused-ring (bicyclic) bond motifs is 1. The van der Waals surface area contributed by atoms with Gasteiger partial charge in [-0.15, -0.1) is 0 Å². The first kappa shape index (κ1) is 23.6. The molecule has 1 N–H and O–H groups in total. The molecule has 186 valence electrons. The number of nitrogens with zero attached hydrogens (tertiary/aromatic N) is 4. The van der Waals surface area contributed by atoms with Gasteiger partial charge in [0.15, 0.2) is 5.65 Å². The molecule has 5 nitrogen and oxygen atoms in total. The van der Waals surface area contributed by atoms with E-state index in [4.69, 9.17) is 4.98 Å². The van der Waals surface area contributed by atoms with Gasteiger partial charge in [-0.25, -0.2) is 9.97 Å². The van der Waals surface area contributed by atoms with Gasteiger partial charge >= 0.3 is 0 Å². The number of benzene rings is 3. The highest BCUT2D eigenvalue weighted by atomic mass is 16.3. The maximum Gasteiger partial charge on any atom is 0.160 e. The van der Waals surface area contributed by atoms with Gasteiger partial charge in [-0.1, -0.05) is 35.9 Å². The Morgan fingerprint density at radius 1 is 0.684 bits per heavy atom. The van der Waals surface area contributed by atoms with Crippen LogP contribution in [0.2, 0.25) is 0 Å². The summed E-state index contributed by atoms with van der Waals surface area (Å²) in [7, 11) is 1.93. The van der Waals surface area contributed by atoms with E-state index in [1.165, 1.54) is 22.3 Å². The lowest BCUT2D eigenvalue weighted by molar-refractivity contribution is 0.476. The summed E-state index contributed by atoms with van der Waals surface area (Å²) >= 11 is 0. The molecule has 38 heavy (non-hydrogen) atoms. The third-order valence-corrected chi connectivity index (χ3v) is 7.07. The van der Waals surface area contributed by atoms with Gasteiger partial charge in [0.25, 0.3) is 0 Å². The molecule has 3 aromatic carbocycles. The second-order valence-electron chi connectivity index (χ2n) is 9.83. The summed E-state index contributed by atoms with van der Waals surface area (Å²) in [6.45, 7) is 6.48. The molecule has 0 aliphatic carbocycles. The Kier molecular flexibility index (Phi) is 5.76. The number of imidazole rings is 1. The van der Waals surface area contributed by atoms with Crippen LogP contribution in [0.1, 0.15) is 16.7 Å². The number of phenols is 1. The van der Waals surface area contributed by atoms with Gasteiger partial charge in [-0.2, -0.15) is 0 Å². The number of para-hydroxylation sites is 1. The second kappa shape index (κ2) is 9.27. The molecule has 0 spiro atoms. The molecule has 0 aliphatic rings. The molecule has 0 saturated carbocycles. The first-order valence-electron chi connectivity index (χ1n) is 12.7. The molecular weight excluding hydrogens is 468 g/mol. The zero-order valence-corrected chi connectivity index (χ0v) is 21.9. The summed E-state index contributed by atoms with van der Waals surface area (Å²) in [4.78, 5) is 14.3. The SMILES string of the molecule is Cc1cc(C)c(-c2cc(-c3ccccn3)cc(-c3ccnc4c3nc(-c3ccccc3O)n4C)c2)c(C)c1. The highest BCUT2D eigenvalue weighted by molar-refractivity contribution is 5.95. The van der Waals surface area contributed by atoms with Crippen molar-refractivity contribution in [1.29, 1.82) is 0 Å². The molecule has 0 radical (unpaired) electrons. The zero-order chi connectivity index (χ0) is 26.4. The molecule has 3 aromatic heterocycles. The predicted octanol–water partition coefficient (Wildman–Crippen LogP) is 7.66. The maximum absolute atomic E-state index is 10.5. The first-order chi connectivity index (χ1) is 18.4. The Bertz CT molecular complexity index is 1800. The molecule has 0 saturated heterocycles. The van der Waals surface area contributed by atoms with E-state index in [9.17, 15) is 5.11 Å². The summed E-state index contributed by atoms with van der Waals surface area (Å²) in [6.07, 6.45) is 3.65. The van der Waals surface area contributed by atoms with Crippen molar-refractivity contribution < 1.29 is 5.11 Å². The van der Waals surface area contributed by atoms with Crippen LogP contribution in [0, 0.1) is 20.8 Å². The predicted molar refractivity (Wildman–Crippen MR) is 154 cm³/mol. The Labute approximate surface area is 222 Å². The standard InChI is InChI=1S/C33H28N4O/c1-20-15-21(2)30(22(3)16-20)25-18-23(17-24(19-25)28-10-7-8-13-34-28)26-12-14-35-33-31(26)36-32(37(33)4)27-9-5-6-11-29(27)38/h5-19,38H,1-4H3. The van der Waals surface area contributed by atoms with Crippen LogP contribution in [0.4, 0.5) is 0 Å². The highest BCUT2D eigenvalue weighted by Crippen LogP contribution is 2.38. The van der Waals surface area contributed by atoms with Crippen molar-refractivity contribution in [2.24, 2.45) is 7.05 Å². The number of aromatic nitrogens is 4. The number of rotatable bonds is 4. The fraction of sp³-hybridized carbons (Fsp3) is 0.121. The molecule has 3 heterocycles. The summed E-state index contributed by atoms with van der Waals surface area (Å²) in [5.41, 5.74) is 12.3. The van der Waals surface area contributed by atoms with Crippen molar-refractivity contribution in [2.45, 2.75) is 20.8 Å². The zero-order valence-electron chi connectivity index (χ0n) is 21.9. The van der Waals surface area contributed by atoms with Crippen LogP contribution in [0.25, 0.3) is 56.1 Å². The van der Waals surface area contributed by atoms with Crippen molar-refractivity contribution in [1.82, 2.24) is 19.5 Å². The second-order valence-corrected chi connectivity index (χ2v) is 9.83. The van der Waals surface area contributed by atoms with Crippen LogP contribution in [0.3, 0.4) is 0 Å². The Morgan fingerprint density at radius 2 is 1.39 bits per heavy atom. The van der Waals surface area contributed by atoms with Crippen LogP contribution >= 0.6 is 0 Å². The van der Waals surface area contributed by atoms with Crippen LogP contribution in [0.15, 0.2) is 91.3 Å². The molecule has 0 unspecified atom stereocenters. The normalized spacial score (nSPS) is 11.3. The van der Waals surface area contributed by atoms with Crippen LogP contribution in [-0.2, 0) is 7.05 Å². The Balaban J connectivity index is 1.62. The molecule has 5 heteroatoms. The molecule has 6 aromatic rings. The van der Waals surface area contributed by atoms with Gasteiger partial charge in [0.05, 0.1) is 11.3 Å². The lowest BCUT2D eigenvalue weighted by Gasteiger charge is -2.15. The molecule has 0 amide bonds. The topological polar surface area (TPSA) is 63.8 Å². The molecular formula is C33H28N4O. The van der Waals surface area contributed by atoms with Gasteiger partial charge in [0, 0.05) is 30.6 Å². The van der Waals surface area contributed by atoms with E-state index in [0.717, 1.165) is 39.1 Å². The monoisotopic (exact) mass is 496 g/mol. The van der Waals surface area contributed by atoms with E-state index < -0.39 is 0 Å². The van der Waals surface area contributed by atoms with Crippen molar-refractivity contribution >= 4 is 11.2 Å². The van der Waals surface area contributed by atoms with E-state index in [1.54, 1.807) is 6.07 Å². The highest BCUT2D eigenvalue weighted by Gasteiger charge is 2.19. The molecule has 0 fully saturated rings. The number of hydrogen-bond acceptors (Lipinski definition) is 4. The van der Waals surface area contributed by atoms with Gasteiger partial charge in [0.2, 0.25) is 0 Å². The molecule has 0 bridgehead atoms. The minimum Gasteiger partial charge on any atom is -0.507 e. The third-order valence-electron chi connectivity index (χ3n) is 7.07. The average Bonchev–Trinajstić information content (AvgIpc) is 3.25. The van der Waals surface area contributed by atoms with Gasteiger partial charge < -0.3 is 9.67 Å². The molecule has 0 atom stereocenters. The summed E-state index contributed by atoms with van der Waals surface area (Å²) in [5, 5.41) is 10.5. The Morgan fingerprint density at radius 3 is 2.13 bits per heavy atom. The van der Waals surface area contributed by atoms with E-state index >= 15 is 0 Å². The number of aromatic hydroxyl groups is 1. The summed E-state index contributed by atoms with van der Waals surface area (Å²) < 4.78 is 1.94. The van der Waals surface area contributed by atoms with Crippen molar-refractivity contribution in [3.05, 3.63) is 108 Å². The number of pyridine rings is 2. The smallest absolute Gasteiger partial charge is 0.160 e. The summed E-state index contributed by atoms with van der Waals surface area (Å²) in [5.74, 6) is 0.863. The number of hydrogen-bond donors (Lipinski definition) is 1. The van der Waals surface area contributed by atoms with E-state index in [1.807, 2.05) is 66.5 Å². The fourth-order valence-corrected chi connectivity index (χ4v) is 5.46. The minimum atomic E-state index is 0.192. The summed E-state index contributed by atoms with van der Waals surface area (Å²) in [6, 6.07) is 26.4. The van der Waals surface area contributed by atoms with Crippen LogP contribution in [-0.4, -0.2) is 24.6 Å². The average molecular weight is 497 g/mol. The lowest BCUT2D eigenvalue weighted by Crippen LogP contribution is -1.94. The van der Waals surface area contributed by atoms with Gasteiger partial charge in [0.1, 0.15) is 17.1 Å². The van der Waals surface area contributed by atoms with E-state index in [-0.39, 0.29) is 5.75 Å². The number of phenolic OH excluding ortho intramolecular Hbond substituents is 1. The Hall–Kier alpha value is -4.77. The lowest BCUT2D eigenvalue weighted by atomic mass is 9.89. The number of aryl methyl sites for hydroxylation is 4. The fourth-order valence-electron chi connectivity index (χ4n) is 5.46. The van der Waals surface area contributed by atoms with Crippen molar-refractivity contribution in [3.63, 3.8) is 0 Å². The molecule has 6 rings (SSSR count). The third kappa shape index (κ3) is 4.02. The van der Waals surface area contributed by atoms with Crippen LogP contribution in [0.5, 0.6) is 5.75 Å². The van der Waals surface area contributed by atoms with Crippen molar-refractivity contribution in [2.75, 3.05) is 0 Å². The largest absolute Gasteiger partial charge is 0.507 e. The van der Waals surface area contributed by atoms with Gasteiger partial charge in [-0.05, 0) is 97.1 Å². The molecule has 0 aliphatic heterocycles.